The Labute approximate surface area is 129 Å². The van der Waals surface area contributed by atoms with Gasteiger partial charge in [-0.05, 0) is 44.8 Å². The number of carbonyl (C=O) groups is 1. The van der Waals surface area contributed by atoms with Crippen molar-refractivity contribution in [1.82, 2.24) is 10.2 Å². The fourth-order valence-corrected chi connectivity index (χ4v) is 2.67. The predicted molar refractivity (Wildman–Crippen MR) is 85.0 cm³/mol. The molecule has 7 nitrogen and oxygen atoms in total. The second-order valence-electron chi connectivity index (χ2n) is 5.56. The van der Waals surface area contributed by atoms with Crippen LogP contribution in [0.1, 0.15) is 19.3 Å². The van der Waals surface area contributed by atoms with E-state index in [2.05, 4.69) is 10.6 Å². The van der Waals surface area contributed by atoms with Gasteiger partial charge in [-0.25, -0.2) is 4.79 Å². The Balaban J connectivity index is 1.85. The number of hydrogen-bond acceptors (Lipinski definition) is 4. The van der Waals surface area contributed by atoms with Crippen LogP contribution < -0.4 is 10.6 Å². The zero-order chi connectivity index (χ0) is 15.9. The molecule has 0 aromatic heterocycles. The van der Waals surface area contributed by atoms with E-state index in [4.69, 9.17) is 0 Å². The summed E-state index contributed by atoms with van der Waals surface area (Å²) in [5, 5.41) is 16.6. The van der Waals surface area contributed by atoms with Gasteiger partial charge in [0.2, 0.25) is 0 Å². The number of amides is 2. The van der Waals surface area contributed by atoms with Crippen LogP contribution in [0.4, 0.5) is 16.2 Å². The minimum absolute atomic E-state index is 0.0245. The van der Waals surface area contributed by atoms with Crippen molar-refractivity contribution in [2.45, 2.75) is 19.3 Å². The maximum atomic E-state index is 12.2. The van der Waals surface area contributed by atoms with E-state index >= 15 is 0 Å². The average molecular weight is 306 g/mol. The van der Waals surface area contributed by atoms with Crippen LogP contribution in [0.2, 0.25) is 0 Å². The molecule has 0 saturated carbocycles. The van der Waals surface area contributed by atoms with Gasteiger partial charge in [0.15, 0.2) is 0 Å². The van der Waals surface area contributed by atoms with E-state index in [9.17, 15) is 14.9 Å². The molecule has 0 radical (unpaired) electrons. The first-order valence-electron chi connectivity index (χ1n) is 7.55. The molecule has 120 valence electrons. The molecule has 1 aliphatic rings. The average Bonchev–Trinajstić information content (AvgIpc) is 2.53. The number of urea groups is 1. The third kappa shape index (κ3) is 4.42. The fraction of sp³-hybridized carbons (Fsp3) is 0.533. The molecule has 0 spiro atoms. The highest BCUT2D eigenvalue weighted by Crippen LogP contribution is 2.22. The molecule has 0 bridgehead atoms. The molecule has 1 aliphatic heterocycles. The van der Waals surface area contributed by atoms with Gasteiger partial charge < -0.3 is 15.5 Å². The summed E-state index contributed by atoms with van der Waals surface area (Å²) >= 11 is 0. The summed E-state index contributed by atoms with van der Waals surface area (Å²) in [7, 11) is 1.95. The summed E-state index contributed by atoms with van der Waals surface area (Å²) in [4.78, 5) is 24.2. The van der Waals surface area contributed by atoms with Crippen LogP contribution >= 0.6 is 0 Å². The molecular weight excluding hydrogens is 284 g/mol. The Kier molecular flexibility index (Phi) is 5.71. The largest absolute Gasteiger partial charge is 0.325 e. The third-order valence-electron chi connectivity index (χ3n) is 4.01. The SMILES string of the molecule is CNCCC1CCN(C(=O)Nc2cccc([N+](=O)[O-])c2)CC1. The molecule has 1 fully saturated rings. The number of carbonyl (C=O) groups excluding carboxylic acids is 1. The first-order chi connectivity index (χ1) is 10.6. The lowest BCUT2D eigenvalue weighted by Gasteiger charge is -2.32. The first-order valence-corrected chi connectivity index (χ1v) is 7.55. The van der Waals surface area contributed by atoms with Crippen molar-refractivity contribution < 1.29 is 9.72 Å². The lowest BCUT2D eigenvalue weighted by Crippen LogP contribution is -2.41. The summed E-state index contributed by atoms with van der Waals surface area (Å²) < 4.78 is 0. The standard InChI is InChI=1S/C15H22N4O3/c1-16-8-5-12-6-9-18(10-7-12)15(20)17-13-3-2-4-14(11-13)19(21)22/h2-4,11-12,16H,5-10H2,1H3,(H,17,20). The zero-order valence-corrected chi connectivity index (χ0v) is 12.7. The highest BCUT2D eigenvalue weighted by molar-refractivity contribution is 5.89. The number of nitrogens with zero attached hydrogens (tertiary/aromatic N) is 2. The van der Waals surface area contributed by atoms with Gasteiger partial charge in [0.05, 0.1) is 4.92 Å². The Hall–Kier alpha value is -2.15. The number of nitro groups is 1. The molecule has 0 unspecified atom stereocenters. The van der Waals surface area contributed by atoms with Crippen molar-refractivity contribution in [2.75, 3.05) is 32.0 Å². The van der Waals surface area contributed by atoms with E-state index in [0.29, 0.717) is 11.6 Å². The second kappa shape index (κ2) is 7.74. The van der Waals surface area contributed by atoms with E-state index in [1.165, 1.54) is 12.1 Å². The number of piperidine rings is 1. The summed E-state index contributed by atoms with van der Waals surface area (Å²) in [6, 6.07) is 5.82. The Morgan fingerprint density at radius 2 is 2.14 bits per heavy atom. The monoisotopic (exact) mass is 306 g/mol. The third-order valence-corrected chi connectivity index (χ3v) is 4.01. The predicted octanol–water partition coefficient (Wildman–Crippen LogP) is 2.45. The molecule has 2 amide bonds. The number of likely N-dealkylation sites (tertiary alicyclic amines) is 1. The van der Waals surface area contributed by atoms with Crippen molar-refractivity contribution >= 4 is 17.4 Å². The molecule has 22 heavy (non-hydrogen) atoms. The molecule has 2 rings (SSSR count). The highest BCUT2D eigenvalue weighted by atomic mass is 16.6. The molecular formula is C15H22N4O3. The maximum Gasteiger partial charge on any atom is 0.321 e. The quantitative estimate of drug-likeness (QED) is 0.646. The fourth-order valence-electron chi connectivity index (χ4n) is 2.67. The maximum absolute atomic E-state index is 12.2. The first kappa shape index (κ1) is 16.2. The van der Waals surface area contributed by atoms with Gasteiger partial charge >= 0.3 is 6.03 Å². The minimum Gasteiger partial charge on any atom is -0.325 e. The summed E-state index contributed by atoms with van der Waals surface area (Å²) in [6.45, 7) is 2.47. The van der Waals surface area contributed by atoms with E-state index in [0.717, 1.165) is 38.9 Å². The molecule has 0 aliphatic carbocycles. The molecule has 1 heterocycles. The van der Waals surface area contributed by atoms with Crippen molar-refractivity contribution in [2.24, 2.45) is 5.92 Å². The Morgan fingerprint density at radius 1 is 1.41 bits per heavy atom. The van der Waals surface area contributed by atoms with Crippen LogP contribution in [0.15, 0.2) is 24.3 Å². The molecule has 2 N–H and O–H groups in total. The van der Waals surface area contributed by atoms with Crippen LogP contribution in [0.5, 0.6) is 0 Å². The summed E-state index contributed by atoms with van der Waals surface area (Å²) in [5.41, 5.74) is 0.431. The molecule has 1 saturated heterocycles. The zero-order valence-electron chi connectivity index (χ0n) is 12.7. The van der Waals surface area contributed by atoms with Gasteiger partial charge in [0.1, 0.15) is 0 Å². The van der Waals surface area contributed by atoms with E-state index in [1.807, 2.05) is 7.05 Å². The van der Waals surface area contributed by atoms with Crippen LogP contribution in [0.3, 0.4) is 0 Å². The summed E-state index contributed by atoms with van der Waals surface area (Å²) in [6.07, 6.45) is 3.14. The Bertz CT molecular complexity index is 527. The van der Waals surface area contributed by atoms with Crippen molar-refractivity contribution in [1.29, 1.82) is 0 Å². The topological polar surface area (TPSA) is 87.5 Å². The van der Waals surface area contributed by atoms with Gasteiger partial charge in [-0.2, -0.15) is 0 Å². The number of nitrogens with one attached hydrogen (secondary N) is 2. The van der Waals surface area contributed by atoms with Gasteiger partial charge in [-0.15, -0.1) is 0 Å². The van der Waals surface area contributed by atoms with Gasteiger partial charge in [-0.3, -0.25) is 10.1 Å². The number of nitro benzene ring substituents is 1. The van der Waals surface area contributed by atoms with E-state index < -0.39 is 4.92 Å². The van der Waals surface area contributed by atoms with Crippen LogP contribution in [0.25, 0.3) is 0 Å². The van der Waals surface area contributed by atoms with Crippen molar-refractivity contribution in [3.63, 3.8) is 0 Å². The van der Waals surface area contributed by atoms with E-state index in [1.54, 1.807) is 17.0 Å². The number of benzene rings is 1. The van der Waals surface area contributed by atoms with Gasteiger partial charge in [0.25, 0.3) is 5.69 Å². The molecule has 7 heteroatoms. The lowest BCUT2D eigenvalue weighted by molar-refractivity contribution is -0.384. The highest BCUT2D eigenvalue weighted by Gasteiger charge is 2.22. The van der Waals surface area contributed by atoms with Crippen LogP contribution in [0, 0.1) is 16.0 Å². The van der Waals surface area contributed by atoms with E-state index in [-0.39, 0.29) is 11.7 Å². The molecule has 0 atom stereocenters. The lowest BCUT2D eigenvalue weighted by atomic mass is 9.94. The normalized spacial score (nSPS) is 15.6. The van der Waals surface area contributed by atoms with Crippen LogP contribution in [-0.4, -0.2) is 42.5 Å². The second-order valence-corrected chi connectivity index (χ2v) is 5.56. The smallest absolute Gasteiger partial charge is 0.321 e. The van der Waals surface area contributed by atoms with Crippen LogP contribution in [-0.2, 0) is 0 Å². The number of rotatable bonds is 5. The van der Waals surface area contributed by atoms with Gasteiger partial charge in [0, 0.05) is 30.9 Å². The number of non-ortho nitro benzene ring substituents is 1. The number of hydrogen-bond donors (Lipinski definition) is 2. The summed E-state index contributed by atoms with van der Waals surface area (Å²) in [5.74, 6) is 0.661. The molecule has 1 aromatic carbocycles. The van der Waals surface area contributed by atoms with Crippen molar-refractivity contribution in [3.8, 4) is 0 Å². The van der Waals surface area contributed by atoms with Gasteiger partial charge in [-0.1, -0.05) is 6.07 Å². The molecule has 1 aromatic rings. The Morgan fingerprint density at radius 3 is 2.77 bits per heavy atom. The number of anilines is 1. The minimum atomic E-state index is -0.469. The van der Waals surface area contributed by atoms with Crippen molar-refractivity contribution in [3.05, 3.63) is 34.4 Å².